The molecule has 0 fully saturated rings. The zero-order chi connectivity index (χ0) is 22.7. The van der Waals surface area contributed by atoms with Crippen LogP contribution in [0.5, 0.6) is 0 Å². The molecule has 0 aromatic heterocycles. The number of hydrogen-bond acceptors (Lipinski definition) is 6. The maximum absolute atomic E-state index is 12.5. The highest BCUT2D eigenvalue weighted by Gasteiger charge is 2.46. The molecule has 1 rings (SSSR count). The summed E-state index contributed by atoms with van der Waals surface area (Å²) in [7, 11) is -4.54. The Kier molecular flexibility index (Phi) is 7.29. The molecule has 7 nitrogen and oxygen atoms in total. The van der Waals surface area contributed by atoms with Crippen LogP contribution in [0.2, 0.25) is 0 Å². The van der Waals surface area contributed by atoms with E-state index in [4.69, 9.17) is 0 Å². The highest BCUT2D eigenvalue weighted by molar-refractivity contribution is 7.86. The zero-order valence-electron chi connectivity index (χ0n) is 14.8. The summed E-state index contributed by atoms with van der Waals surface area (Å²) in [6, 6.07) is 5.04. The molecule has 164 valence electrons. The summed E-state index contributed by atoms with van der Waals surface area (Å²) in [5, 5.41) is 1.28. The smallest absolute Gasteiger partial charge is 0.456 e. The van der Waals surface area contributed by atoms with E-state index in [1.54, 1.807) is 6.92 Å². The number of alkyl halides is 6. The van der Waals surface area contributed by atoms with Gasteiger partial charge in [0.05, 0.1) is 17.0 Å². The first-order valence-electron chi connectivity index (χ1n) is 7.56. The van der Waals surface area contributed by atoms with E-state index < -0.39 is 53.1 Å². The zero-order valence-corrected chi connectivity index (χ0v) is 15.7. The van der Waals surface area contributed by atoms with Gasteiger partial charge in [-0.2, -0.15) is 34.8 Å². The molecule has 29 heavy (non-hydrogen) atoms. The second kappa shape index (κ2) is 8.57. The van der Waals surface area contributed by atoms with Crippen molar-refractivity contribution in [2.24, 2.45) is 0 Å². The third-order valence-electron chi connectivity index (χ3n) is 3.27. The second-order valence-corrected chi connectivity index (χ2v) is 7.73. The fourth-order valence-corrected chi connectivity index (χ4v) is 2.77. The number of ether oxygens (including phenoxy) is 1. The van der Waals surface area contributed by atoms with Crippen LogP contribution in [-0.4, -0.2) is 51.4 Å². The number of carbonyl (C=O) groups is 2. The minimum Gasteiger partial charge on any atom is -0.456 e. The van der Waals surface area contributed by atoms with Gasteiger partial charge >= 0.3 is 24.2 Å². The third-order valence-corrected chi connectivity index (χ3v) is 4.55. The maximum atomic E-state index is 12.5. The van der Waals surface area contributed by atoms with E-state index in [-0.39, 0.29) is 4.90 Å². The van der Waals surface area contributed by atoms with Crippen LogP contribution in [0.3, 0.4) is 0 Å². The number of rotatable bonds is 7. The summed E-state index contributed by atoms with van der Waals surface area (Å²) in [6.45, 7) is -0.340. The van der Waals surface area contributed by atoms with Gasteiger partial charge in [0.15, 0.2) is 0 Å². The number of halogens is 6. The summed E-state index contributed by atoms with van der Waals surface area (Å²) < 4.78 is 107. The van der Waals surface area contributed by atoms with Crippen LogP contribution in [0, 0.1) is 6.92 Å². The van der Waals surface area contributed by atoms with Gasteiger partial charge in [-0.25, -0.2) is 4.79 Å². The summed E-state index contributed by atoms with van der Waals surface area (Å²) in [4.78, 5) is 21.6. The van der Waals surface area contributed by atoms with Crippen molar-refractivity contribution in [3.63, 3.8) is 0 Å². The number of carbonyl (C=O) groups excluding carboxylic acids is 2. The number of benzene rings is 1. The van der Waals surface area contributed by atoms with Gasteiger partial charge < -0.3 is 10.1 Å². The molecule has 0 spiro atoms. The van der Waals surface area contributed by atoms with Crippen molar-refractivity contribution in [1.82, 2.24) is 5.32 Å². The predicted molar refractivity (Wildman–Crippen MR) is 83.9 cm³/mol. The quantitative estimate of drug-likeness (QED) is 0.388. The molecule has 0 bridgehead atoms. The van der Waals surface area contributed by atoms with E-state index in [9.17, 15) is 44.3 Å². The highest BCUT2D eigenvalue weighted by atomic mass is 32.2. The highest BCUT2D eigenvalue weighted by Crippen LogP contribution is 2.22. The number of esters is 1. The van der Waals surface area contributed by atoms with Crippen LogP contribution >= 0.6 is 0 Å². The third kappa shape index (κ3) is 7.53. The molecule has 0 radical (unpaired) electrons. The maximum Gasteiger partial charge on any atom is 0.490 e. The molecule has 1 amide bonds. The molecule has 1 aromatic rings. The summed E-state index contributed by atoms with van der Waals surface area (Å²) >= 11 is 0. The molecule has 14 heteroatoms. The van der Waals surface area contributed by atoms with Gasteiger partial charge in [0.2, 0.25) is 0 Å². The van der Waals surface area contributed by atoms with E-state index in [0.29, 0.717) is 12.5 Å². The van der Waals surface area contributed by atoms with Gasteiger partial charge in [0.1, 0.15) is 6.61 Å². The lowest BCUT2D eigenvalue weighted by atomic mass is 10.1. The Morgan fingerprint density at radius 3 is 1.93 bits per heavy atom. The Hall–Kier alpha value is -2.35. The summed E-state index contributed by atoms with van der Waals surface area (Å²) in [6.07, 6.45) is -10.9. The van der Waals surface area contributed by atoms with Crippen LogP contribution in [0.15, 0.2) is 29.2 Å². The van der Waals surface area contributed by atoms with Crippen molar-refractivity contribution in [2.75, 3.05) is 13.2 Å². The molecule has 0 aliphatic rings. The monoisotopic (exact) mass is 451 g/mol. The topological polar surface area (TPSA) is 98.8 Å². The Bertz CT molecular complexity index is 850. The molecule has 1 atom stereocenters. The van der Waals surface area contributed by atoms with Gasteiger partial charge in [-0.05, 0) is 26.0 Å². The normalized spacial score (nSPS) is 14.8. The van der Waals surface area contributed by atoms with Crippen LogP contribution in [-0.2, 0) is 28.6 Å². The molecule has 1 unspecified atom stereocenters. The number of amides is 1. The molecule has 0 heterocycles. The average Bonchev–Trinajstić information content (AvgIpc) is 2.57. The number of aryl methyl sites for hydroxylation is 1. The lowest BCUT2D eigenvalue weighted by Crippen LogP contribution is -2.57. The molecule has 0 aliphatic carbocycles. The predicted octanol–water partition coefficient (Wildman–Crippen LogP) is 2.24. The Balaban J connectivity index is 3.02. The molecular formula is C15H15F6NO6S. The first-order chi connectivity index (χ1) is 13.0. The van der Waals surface area contributed by atoms with Crippen LogP contribution in [0.25, 0.3) is 0 Å². The van der Waals surface area contributed by atoms with Crippen molar-refractivity contribution in [3.05, 3.63) is 29.8 Å². The fraction of sp³-hybridized carbons (Fsp3) is 0.467. The molecule has 0 saturated heterocycles. The van der Waals surface area contributed by atoms with E-state index in [0.717, 1.165) is 12.1 Å². The summed E-state index contributed by atoms with van der Waals surface area (Å²) in [5.41, 5.74) is -1.77. The van der Waals surface area contributed by atoms with E-state index in [1.165, 1.54) is 17.4 Å². The Morgan fingerprint density at radius 1 is 0.966 bits per heavy atom. The molecule has 1 N–H and O–H groups in total. The first-order valence-corrected chi connectivity index (χ1v) is 8.96. The fourth-order valence-electron chi connectivity index (χ4n) is 1.75. The van der Waals surface area contributed by atoms with Gasteiger partial charge in [-0.1, -0.05) is 17.7 Å². The van der Waals surface area contributed by atoms with Crippen LogP contribution < -0.4 is 5.32 Å². The van der Waals surface area contributed by atoms with Crippen molar-refractivity contribution >= 4 is 22.0 Å². The lowest BCUT2D eigenvalue weighted by molar-refractivity contribution is -0.202. The van der Waals surface area contributed by atoms with Crippen LogP contribution in [0.1, 0.15) is 12.5 Å². The van der Waals surface area contributed by atoms with Gasteiger partial charge in [-0.15, -0.1) is 0 Å². The number of nitrogens with one attached hydrogen (secondary N) is 1. The average molecular weight is 451 g/mol. The van der Waals surface area contributed by atoms with Gasteiger partial charge in [0.25, 0.3) is 10.1 Å². The SMILES string of the molecule is Cc1ccc(S(=O)(=O)OCC(C)(COC(=O)C(F)(F)F)NC(=O)C(F)(F)F)cc1. The van der Waals surface area contributed by atoms with Crippen LogP contribution in [0.4, 0.5) is 26.3 Å². The van der Waals surface area contributed by atoms with Crippen molar-refractivity contribution in [3.8, 4) is 0 Å². The summed E-state index contributed by atoms with van der Waals surface area (Å²) in [5.74, 6) is -5.34. The Morgan fingerprint density at radius 2 is 1.48 bits per heavy atom. The molecular weight excluding hydrogens is 436 g/mol. The van der Waals surface area contributed by atoms with E-state index in [1.807, 2.05) is 0 Å². The molecule has 1 aromatic carbocycles. The standard InChI is InChI=1S/C15H15F6NO6S/c1-9-3-5-10(6-4-9)29(25,26)28-8-13(2,22-11(23)14(16,17)18)7-27-12(24)15(19,20)21/h3-6H,7-8H2,1-2H3,(H,22,23). The van der Waals surface area contributed by atoms with Crippen molar-refractivity contribution in [1.29, 1.82) is 0 Å². The minimum absolute atomic E-state index is 0.389. The lowest BCUT2D eigenvalue weighted by Gasteiger charge is -2.30. The van der Waals surface area contributed by atoms with E-state index >= 15 is 0 Å². The first kappa shape index (κ1) is 24.7. The van der Waals surface area contributed by atoms with Gasteiger partial charge in [-0.3, -0.25) is 8.98 Å². The minimum atomic E-state index is -5.45. The number of hydrogen-bond donors (Lipinski definition) is 1. The molecule has 0 saturated carbocycles. The molecule has 0 aliphatic heterocycles. The van der Waals surface area contributed by atoms with Crippen molar-refractivity contribution < 1.29 is 53.3 Å². The largest absolute Gasteiger partial charge is 0.490 e. The second-order valence-electron chi connectivity index (χ2n) is 6.12. The van der Waals surface area contributed by atoms with Gasteiger partial charge in [0, 0.05) is 0 Å². The Labute approximate surface area is 161 Å². The van der Waals surface area contributed by atoms with Crippen molar-refractivity contribution in [2.45, 2.75) is 36.6 Å². The van der Waals surface area contributed by atoms with E-state index in [2.05, 4.69) is 8.92 Å².